The van der Waals surface area contributed by atoms with Crippen molar-refractivity contribution in [3.8, 4) is 0 Å². The summed E-state index contributed by atoms with van der Waals surface area (Å²) in [6.07, 6.45) is 3.83. The highest BCUT2D eigenvalue weighted by molar-refractivity contribution is 5.25. The third-order valence-corrected chi connectivity index (χ3v) is 4.77. The summed E-state index contributed by atoms with van der Waals surface area (Å²) in [5.41, 5.74) is 2.00. The minimum absolute atomic E-state index is 0.0672. The lowest BCUT2D eigenvalue weighted by atomic mass is 10.1. The van der Waals surface area contributed by atoms with Crippen LogP contribution in [-0.2, 0) is 13.1 Å². The van der Waals surface area contributed by atoms with Crippen LogP contribution < -0.4 is 5.32 Å². The Balaban J connectivity index is 1.68. The number of hydrogen-bond donors (Lipinski definition) is 1. The first-order valence-corrected chi connectivity index (χ1v) is 8.14. The van der Waals surface area contributed by atoms with E-state index in [1.54, 1.807) is 6.07 Å². The first-order chi connectivity index (χ1) is 10.3. The second-order valence-electron chi connectivity index (χ2n) is 6.38. The van der Waals surface area contributed by atoms with Gasteiger partial charge in [-0.25, -0.2) is 4.39 Å². The van der Waals surface area contributed by atoms with Crippen LogP contribution in [0.1, 0.15) is 30.4 Å². The van der Waals surface area contributed by atoms with E-state index in [1.807, 2.05) is 19.2 Å². The van der Waals surface area contributed by atoms with Gasteiger partial charge in [-0.05, 0) is 57.6 Å². The predicted molar refractivity (Wildman–Crippen MR) is 83.7 cm³/mol. The topological polar surface area (TPSA) is 18.5 Å². The molecule has 2 fully saturated rings. The third-order valence-electron chi connectivity index (χ3n) is 4.77. The van der Waals surface area contributed by atoms with Crippen molar-refractivity contribution in [2.45, 2.75) is 38.4 Å². The minimum Gasteiger partial charge on any atom is -0.316 e. The van der Waals surface area contributed by atoms with Crippen molar-refractivity contribution < 1.29 is 4.39 Å². The lowest BCUT2D eigenvalue weighted by Gasteiger charge is -2.25. The van der Waals surface area contributed by atoms with Gasteiger partial charge in [0.2, 0.25) is 0 Å². The molecule has 0 amide bonds. The Hall–Kier alpha value is -0.970. The fourth-order valence-electron chi connectivity index (χ4n) is 3.73. The third kappa shape index (κ3) is 3.62. The molecule has 3 rings (SSSR count). The Kier molecular flexibility index (Phi) is 4.88. The number of hydrogen-bond acceptors (Lipinski definition) is 3. The maximum Gasteiger partial charge on any atom is 0.127 e. The monoisotopic (exact) mass is 291 g/mol. The van der Waals surface area contributed by atoms with E-state index in [1.165, 1.54) is 32.4 Å². The van der Waals surface area contributed by atoms with Crippen molar-refractivity contribution in [1.82, 2.24) is 15.1 Å². The van der Waals surface area contributed by atoms with Crippen LogP contribution in [0.5, 0.6) is 0 Å². The number of nitrogens with zero attached hydrogens (tertiary/aromatic N) is 2. The first kappa shape index (κ1) is 14.9. The summed E-state index contributed by atoms with van der Waals surface area (Å²) < 4.78 is 14.1. The van der Waals surface area contributed by atoms with E-state index in [-0.39, 0.29) is 5.82 Å². The van der Waals surface area contributed by atoms with Crippen LogP contribution in [0.2, 0.25) is 0 Å². The van der Waals surface area contributed by atoms with Crippen LogP contribution in [0, 0.1) is 5.82 Å². The molecule has 1 aromatic carbocycles. The Morgan fingerprint density at radius 3 is 2.95 bits per heavy atom. The minimum atomic E-state index is -0.0672. The molecule has 2 saturated heterocycles. The number of nitrogens with one attached hydrogen (secondary N) is 1. The molecular formula is C17H26FN3. The molecule has 0 aliphatic carbocycles. The van der Waals surface area contributed by atoms with Crippen molar-refractivity contribution in [3.05, 3.63) is 35.1 Å². The molecule has 0 spiro atoms. The Bertz CT molecular complexity index is 477. The van der Waals surface area contributed by atoms with Crippen molar-refractivity contribution in [2.24, 2.45) is 0 Å². The van der Waals surface area contributed by atoms with Crippen LogP contribution in [0.25, 0.3) is 0 Å². The highest BCUT2D eigenvalue weighted by Crippen LogP contribution is 2.23. The van der Waals surface area contributed by atoms with Gasteiger partial charge in [-0.2, -0.15) is 0 Å². The average Bonchev–Trinajstić information content (AvgIpc) is 2.82. The molecule has 0 saturated carbocycles. The normalized spacial score (nSPS) is 24.0. The van der Waals surface area contributed by atoms with Gasteiger partial charge in [0, 0.05) is 31.2 Å². The highest BCUT2D eigenvalue weighted by Gasteiger charge is 2.28. The summed E-state index contributed by atoms with van der Waals surface area (Å²) in [5, 5.41) is 3.13. The molecule has 116 valence electrons. The molecule has 1 unspecified atom stereocenters. The number of halogens is 1. The molecule has 2 aliphatic heterocycles. The molecule has 1 aromatic rings. The number of rotatable bonds is 4. The van der Waals surface area contributed by atoms with E-state index in [4.69, 9.17) is 0 Å². The lowest BCUT2D eigenvalue weighted by molar-refractivity contribution is 0.214. The van der Waals surface area contributed by atoms with E-state index in [2.05, 4.69) is 15.1 Å². The summed E-state index contributed by atoms with van der Waals surface area (Å²) in [7, 11) is 1.92. The summed E-state index contributed by atoms with van der Waals surface area (Å²) >= 11 is 0. The number of fused-ring (bicyclic) bond motifs is 1. The molecule has 0 bridgehead atoms. The summed E-state index contributed by atoms with van der Waals surface area (Å²) in [6, 6.07) is 6.19. The summed E-state index contributed by atoms with van der Waals surface area (Å²) in [4.78, 5) is 5.06. The molecule has 2 aliphatic rings. The quantitative estimate of drug-likeness (QED) is 0.917. The largest absolute Gasteiger partial charge is 0.316 e. The van der Waals surface area contributed by atoms with Crippen molar-refractivity contribution in [1.29, 1.82) is 0 Å². The van der Waals surface area contributed by atoms with Gasteiger partial charge in [0.1, 0.15) is 5.82 Å². The van der Waals surface area contributed by atoms with E-state index < -0.39 is 0 Å². The average molecular weight is 291 g/mol. The van der Waals surface area contributed by atoms with Crippen molar-refractivity contribution >= 4 is 0 Å². The van der Waals surface area contributed by atoms with E-state index >= 15 is 0 Å². The first-order valence-electron chi connectivity index (χ1n) is 8.14. The second-order valence-corrected chi connectivity index (χ2v) is 6.38. The maximum atomic E-state index is 14.1. The highest BCUT2D eigenvalue weighted by atomic mass is 19.1. The van der Waals surface area contributed by atoms with Crippen molar-refractivity contribution in [2.75, 3.05) is 33.2 Å². The maximum absolute atomic E-state index is 14.1. The zero-order chi connectivity index (χ0) is 14.7. The summed E-state index contributed by atoms with van der Waals surface area (Å²) in [5.74, 6) is -0.0672. The molecular weight excluding hydrogens is 265 g/mol. The van der Waals surface area contributed by atoms with E-state index in [0.717, 1.165) is 37.3 Å². The Morgan fingerprint density at radius 1 is 1.24 bits per heavy atom. The molecule has 0 radical (unpaired) electrons. The molecule has 1 atom stereocenters. The standard InChI is InChI=1S/C17H26FN3/c1-19-11-14-5-6-17(18)15(10-14)12-20-7-3-9-21-8-2-4-16(21)13-20/h5-6,10,16,19H,2-4,7-9,11-13H2,1H3. The zero-order valence-electron chi connectivity index (χ0n) is 12.9. The van der Waals surface area contributed by atoms with Crippen LogP contribution in [-0.4, -0.2) is 49.1 Å². The smallest absolute Gasteiger partial charge is 0.127 e. The predicted octanol–water partition coefficient (Wildman–Crippen LogP) is 2.22. The van der Waals surface area contributed by atoms with Gasteiger partial charge in [0.25, 0.3) is 0 Å². The van der Waals surface area contributed by atoms with E-state index in [9.17, 15) is 4.39 Å². The van der Waals surface area contributed by atoms with Crippen LogP contribution in [0.15, 0.2) is 18.2 Å². The van der Waals surface area contributed by atoms with Crippen LogP contribution >= 0.6 is 0 Å². The molecule has 0 aromatic heterocycles. The molecule has 4 heteroatoms. The van der Waals surface area contributed by atoms with Gasteiger partial charge >= 0.3 is 0 Å². The lowest BCUT2D eigenvalue weighted by Crippen LogP contribution is -2.36. The van der Waals surface area contributed by atoms with Crippen LogP contribution in [0.3, 0.4) is 0 Å². The summed E-state index contributed by atoms with van der Waals surface area (Å²) in [6.45, 7) is 6.18. The van der Waals surface area contributed by atoms with E-state index in [0.29, 0.717) is 6.04 Å². The van der Waals surface area contributed by atoms with Crippen molar-refractivity contribution in [3.63, 3.8) is 0 Å². The van der Waals surface area contributed by atoms with Crippen LogP contribution in [0.4, 0.5) is 4.39 Å². The van der Waals surface area contributed by atoms with Gasteiger partial charge in [-0.1, -0.05) is 12.1 Å². The van der Waals surface area contributed by atoms with Gasteiger partial charge in [0.15, 0.2) is 0 Å². The zero-order valence-corrected chi connectivity index (χ0v) is 12.9. The van der Waals surface area contributed by atoms with Gasteiger partial charge < -0.3 is 5.32 Å². The fourth-order valence-corrected chi connectivity index (χ4v) is 3.73. The van der Waals surface area contributed by atoms with Gasteiger partial charge in [-0.3, -0.25) is 9.80 Å². The fraction of sp³-hybridized carbons (Fsp3) is 0.647. The molecule has 21 heavy (non-hydrogen) atoms. The number of benzene rings is 1. The van der Waals surface area contributed by atoms with Gasteiger partial charge in [-0.15, -0.1) is 0 Å². The second kappa shape index (κ2) is 6.86. The molecule has 2 heterocycles. The Morgan fingerprint density at radius 2 is 2.10 bits per heavy atom. The molecule has 1 N–H and O–H groups in total. The Labute approximate surface area is 127 Å². The SMILES string of the molecule is CNCc1ccc(F)c(CN2CCCN3CCCC3C2)c1. The molecule has 3 nitrogen and oxygen atoms in total. The van der Waals surface area contributed by atoms with Gasteiger partial charge in [0.05, 0.1) is 0 Å².